The summed E-state index contributed by atoms with van der Waals surface area (Å²) in [5.41, 5.74) is 7.30. The Balaban J connectivity index is 2.05. The normalized spacial score (nSPS) is 12.4. The van der Waals surface area contributed by atoms with Crippen molar-refractivity contribution < 1.29 is 9.50 Å². The van der Waals surface area contributed by atoms with Crippen LogP contribution in [0.4, 0.5) is 10.2 Å². The average molecular weight is 278 g/mol. The van der Waals surface area contributed by atoms with E-state index in [0.29, 0.717) is 17.1 Å². The Hall–Kier alpha value is -1.59. The van der Waals surface area contributed by atoms with E-state index < -0.39 is 6.10 Å². The van der Waals surface area contributed by atoms with E-state index in [0.717, 1.165) is 10.5 Å². The molecule has 0 fully saturated rings. The van der Waals surface area contributed by atoms with Crippen LogP contribution in [0.15, 0.2) is 41.4 Å². The molecule has 100 valence electrons. The van der Waals surface area contributed by atoms with E-state index in [4.69, 9.17) is 5.73 Å². The summed E-state index contributed by atoms with van der Waals surface area (Å²) in [5, 5.41) is 10.1. The second kappa shape index (κ2) is 6.04. The molecule has 0 bridgehead atoms. The molecule has 1 aromatic carbocycles. The number of thioether (sulfide) groups is 1. The van der Waals surface area contributed by atoms with Gasteiger partial charge in [0, 0.05) is 22.4 Å². The largest absolute Gasteiger partial charge is 0.387 e. The highest BCUT2D eigenvalue weighted by atomic mass is 32.2. The topological polar surface area (TPSA) is 59.1 Å². The molecule has 3 N–H and O–H groups in total. The van der Waals surface area contributed by atoms with E-state index in [1.54, 1.807) is 18.3 Å². The van der Waals surface area contributed by atoms with Crippen molar-refractivity contribution in [2.75, 3.05) is 11.5 Å². The van der Waals surface area contributed by atoms with Crippen LogP contribution < -0.4 is 5.73 Å². The number of rotatable bonds is 4. The first-order valence-electron chi connectivity index (χ1n) is 5.84. The zero-order valence-electron chi connectivity index (χ0n) is 10.5. The quantitative estimate of drug-likeness (QED) is 0.844. The predicted molar refractivity (Wildman–Crippen MR) is 75.5 cm³/mol. The molecule has 3 nitrogen and oxygen atoms in total. The number of aryl methyl sites for hydroxylation is 1. The lowest BCUT2D eigenvalue weighted by Gasteiger charge is -2.13. The Labute approximate surface area is 115 Å². The van der Waals surface area contributed by atoms with Gasteiger partial charge in [-0.05, 0) is 36.8 Å². The Morgan fingerprint density at radius 1 is 1.42 bits per heavy atom. The number of nitrogens with zero attached hydrogens (tertiary/aromatic N) is 1. The summed E-state index contributed by atoms with van der Waals surface area (Å²) in [7, 11) is 0. The minimum atomic E-state index is -0.722. The molecule has 5 heteroatoms. The van der Waals surface area contributed by atoms with Gasteiger partial charge in [0.05, 0.1) is 6.10 Å². The van der Waals surface area contributed by atoms with Crippen molar-refractivity contribution in [1.29, 1.82) is 0 Å². The number of nitrogens with two attached hydrogens (primary N) is 1. The number of benzene rings is 1. The molecule has 2 rings (SSSR count). The van der Waals surface area contributed by atoms with Gasteiger partial charge in [0.1, 0.15) is 11.6 Å². The van der Waals surface area contributed by atoms with Gasteiger partial charge in [-0.2, -0.15) is 0 Å². The molecule has 0 spiro atoms. The fourth-order valence-corrected chi connectivity index (χ4v) is 2.59. The van der Waals surface area contributed by atoms with Gasteiger partial charge >= 0.3 is 0 Å². The van der Waals surface area contributed by atoms with Gasteiger partial charge in [-0.25, -0.2) is 9.37 Å². The number of nitrogen functional groups attached to an aromatic ring is 1. The summed E-state index contributed by atoms with van der Waals surface area (Å²) in [6.45, 7) is 1.89. The number of halogens is 1. The number of aliphatic hydroxyl groups excluding tert-OH is 1. The van der Waals surface area contributed by atoms with E-state index in [2.05, 4.69) is 4.98 Å². The summed E-state index contributed by atoms with van der Waals surface area (Å²) >= 11 is 1.38. The van der Waals surface area contributed by atoms with E-state index in [9.17, 15) is 9.50 Å². The number of hydrogen-bond acceptors (Lipinski definition) is 4. The molecule has 0 saturated heterocycles. The highest BCUT2D eigenvalue weighted by Crippen LogP contribution is 2.27. The fourth-order valence-electron chi connectivity index (χ4n) is 1.69. The minimum absolute atomic E-state index is 0.281. The van der Waals surface area contributed by atoms with Gasteiger partial charge in [0.25, 0.3) is 0 Å². The molecule has 1 heterocycles. The third kappa shape index (κ3) is 3.68. The third-order valence-electron chi connectivity index (χ3n) is 2.65. The molecule has 0 aliphatic carbocycles. The number of hydrogen-bond donors (Lipinski definition) is 2. The van der Waals surface area contributed by atoms with Gasteiger partial charge in [-0.15, -0.1) is 11.8 Å². The number of aliphatic hydroxyl groups is 1. The van der Waals surface area contributed by atoms with Crippen molar-refractivity contribution in [3.63, 3.8) is 0 Å². The van der Waals surface area contributed by atoms with Crippen molar-refractivity contribution in [3.8, 4) is 0 Å². The van der Waals surface area contributed by atoms with Crippen LogP contribution in [0.1, 0.15) is 17.2 Å². The first-order chi connectivity index (χ1) is 9.06. The molecule has 0 saturated carbocycles. The van der Waals surface area contributed by atoms with E-state index >= 15 is 0 Å². The summed E-state index contributed by atoms with van der Waals surface area (Å²) in [6, 6.07) is 8.10. The first-order valence-corrected chi connectivity index (χ1v) is 6.83. The number of aromatic nitrogens is 1. The molecule has 0 aliphatic heterocycles. The molecule has 0 aliphatic rings. The van der Waals surface area contributed by atoms with Crippen LogP contribution in [0, 0.1) is 12.7 Å². The first kappa shape index (κ1) is 13.8. The van der Waals surface area contributed by atoms with Crippen molar-refractivity contribution in [3.05, 3.63) is 53.5 Å². The average Bonchev–Trinajstić information content (AvgIpc) is 2.39. The summed E-state index contributed by atoms with van der Waals surface area (Å²) < 4.78 is 13.0. The zero-order chi connectivity index (χ0) is 13.8. The SMILES string of the molecule is Cc1cnc(N)c(C(O)CSc2cccc(F)c2)c1. The second-order valence-corrected chi connectivity index (χ2v) is 5.36. The molecule has 1 atom stereocenters. The Morgan fingerprint density at radius 3 is 2.95 bits per heavy atom. The second-order valence-electron chi connectivity index (χ2n) is 4.27. The summed E-state index contributed by atoms with van der Waals surface area (Å²) in [6.07, 6.45) is 0.936. The summed E-state index contributed by atoms with van der Waals surface area (Å²) in [4.78, 5) is 4.79. The Morgan fingerprint density at radius 2 is 2.21 bits per heavy atom. The number of pyridine rings is 1. The van der Waals surface area contributed by atoms with Crippen LogP contribution in [-0.2, 0) is 0 Å². The molecule has 0 amide bonds. The highest BCUT2D eigenvalue weighted by Gasteiger charge is 2.13. The monoisotopic (exact) mass is 278 g/mol. The van der Waals surface area contributed by atoms with Crippen LogP contribution in [-0.4, -0.2) is 15.8 Å². The lowest BCUT2D eigenvalue weighted by Crippen LogP contribution is -2.06. The number of anilines is 1. The lowest BCUT2D eigenvalue weighted by molar-refractivity contribution is 0.204. The zero-order valence-corrected chi connectivity index (χ0v) is 11.3. The smallest absolute Gasteiger partial charge is 0.129 e. The maximum absolute atomic E-state index is 13.0. The molecule has 1 unspecified atom stereocenters. The van der Waals surface area contributed by atoms with E-state index in [1.807, 2.05) is 13.0 Å². The van der Waals surface area contributed by atoms with Crippen molar-refractivity contribution in [2.45, 2.75) is 17.9 Å². The maximum Gasteiger partial charge on any atom is 0.129 e. The minimum Gasteiger partial charge on any atom is -0.387 e. The van der Waals surface area contributed by atoms with E-state index in [1.165, 1.54) is 23.9 Å². The van der Waals surface area contributed by atoms with Crippen LogP contribution >= 0.6 is 11.8 Å². The Bertz CT molecular complexity index is 577. The fraction of sp³-hybridized carbons (Fsp3) is 0.214. The van der Waals surface area contributed by atoms with Gasteiger partial charge in [-0.1, -0.05) is 6.07 Å². The Kier molecular flexibility index (Phi) is 4.39. The predicted octanol–water partition coefficient (Wildman–Crippen LogP) is 2.94. The van der Waals surface area contributed by atoms with Crippen molar-refractivity contribution >= 4 is 17.6 Å². The van der Waals surface area contributed by atoms with Gasteiger partial charge in [-0.3, -0.25) is 0 Å². The highest BCUT2D eigenvalue weighted by molar-refractivity contribution is 7.99. The van der Waals surface area contributed by atoms with Gasteiger partial charge < -0.3 is 10.8 Å². The van der Waals surface area contributed by atoms with Crippen molar-refractivity contribution in [2.24, 2.45) is 0 Å². The van der Waals surface area contributed by atoms with Gasteiger partial charge in [0.2, 0.25) is 0 Å². The van der Waals surface area contributed by atoms with Crippen LogP contribution in [0.2, 0.25) is 0 Å². The van der Waals surface area contributed by atoms with Crippen LogP contribution in [0.5, 0.6) is 0 Å². The molecule has 0 radical (unpaired) electrons. The molecule has 19 heavy (non-hydrogen) atoms. The third-order valence-corrected chi connectivity index (χ3v) is 3.72. The summed E-state index contributed by atoms with van der Waals surface area (Å²) in [5.74, 6) is 0.452. The van der Waals surface area contributed by atoms with Crippen LogP contribution in [0.3, 0.4) is 0 Å². The molecular formula is C14H15FN2OS. The molecule has 2 aromatic rings. The van der Waals surface area contributed by atoms with Gasteiger partial charge in [0.15, 0.2) is 0 Å². The van der Waals surface area contributed by atoms with E-state index in [-0.39, 0.29) is 5.82 Å². The molecule has 1 aromatic heterocycles. The standard InChI is InChI=1S/C14H15FN2OS/c1-9-5-12(14(16)17-7-9)13(18)8-19-11-4-2-3-10(15)6-11/h2-7,13,18H,8H2,1H3,(H2,16,17). The lowest BCUT2D eigenvalue weighted by atomic mass is 10.1. The maximum atomic E-state index is 13.0. The molecular weight excluding hydrogens is 263 g/mol. The van der Waals surface area contributed by atoms with Crippen molar-refractivity contribution in [1.82, 2.24) is 4.98 Å². The van der Waals surface area contributed by atoms with Crippen LogP contribution in [0.25, 0.3) is 0 Å².